The third-order valence-corrected chi connectivity index (χ3v) is 7.63. The molecular formula is C27H28N6O4. The Hall–Kier alpha value is -4.34. The quantitative estimate of drug-likeness (QED) is 0.465. The minimum absolute atomic E-state index is 0.0449. The van der Waals surface area contributed by atoms with Crippen molar-refractivity contribution in [1.82, 2.24) is 29.1 Å². The lowest BCUT2D eigenvalue weighted by molar-refractivity contribution is -0.130. The standard InChI is InChI=1S/C27H28N6O4/c1-15-9-18-11-21(6-8-30(18)24(15)26(35)28-4)37-23-5-7-29-33-14-22(16(2)25(23)33)27(36)32-13-19-10-20(32)12-31(19)17(3)34/h5-9,11,14,19-20H,10,12-13H2,1-4H3,(H,28,35)/t19-,20-/m1/s1. The maximum absolute atomic E-state index is 13.5. The predicted octanol–water partition coefficient (Wildman–Crippen LogP) is 2.80. The number of aryl methyl sites for hydroxylation is 2. The van der Waals surface area contributed by atoms with Gasteiger partial charge in [0.1, 0.15) is 17.0 Å². The van der Waals surface area contributed by atoms with Gasteiger partial charge in [0.15, 0.2) is 5.75 Å². The van der Waals surface area contributed by atoms with Gasteiger partial charge in [0, 0.05) is 57.1 Å². The Morgan fingerprint density at radius 3 is 2.54 bits per heavy atom. The third-order valence-electron chi connectivity index (χ3n) is 7.63. The number of piperazine rings is 1. The third kappa shape index (κ3) is 3.54. The van der Waals surface area contributed by atoms with E-state index < -0.39 is 0 Å². The lowest BCUT2D eigenvalue weighted by atomic mass is 10.1. The van der Waals surface area contributed by atoms with Crippen LogP contribution in [0.1, 0.15) is 45.3 Å². The van der Waals surface area contributed by atoms with Crippen molar-refractivity contribution >= 4 is 28.8 Å². The Morgan fingerprint density at radius 1 is 1.08 bits per heavy atom. The predicted molar refractivity (Wildman–Crippen MR) is 136 cm³/mol. The van der Waals surface area contributed by atoms with Crippen molar-refractivity contribution in [2.75, 3.05) is 20.1 Å². The van der Waals surface area contributed by atoms with Gasteiger partial charge in [0.25, 0.3) is 11.8 Å². The van der Waals surface area contributed by atoms with Gasteiger partial charge in [0.2, 0.25) is 5.91 Å². The number of amides is 3. The molecule has 6 rings (SSSR count). The SMILES string of the molecule is CNC(=O)c1c(C)cc2cc(Oc3ccnn4cc(C(=O)N5C[C@H]6C[C@@H]5CN6C(C)=O)c(C)c34)ccn12. The first-order chi connectivity index (χ1) is 17.8. The van der Waals surface area contributed by atoms with E-state index in [0.717, 1.165) is 28.6 Å². The van der Waals surface area contributed by atoms with E-state index in [9.17, 15) is 14.4 Å². The fraction of sp³-hybridized carbons (Fsp3) is 0.333. The van der Waals surface area contributed by atoms with Crippen molar-refractivity contribution in [3.63, 3.8) is 0 Å². The molecule has 0 saturated carbocycles. The largest absolute Gasteiger partial charge is 0.455 e. The number of pyridine rings is 1. The van der Waals surface area contributed by atoms with Gasteiger partial charge in [-0.2, -0.15) is 5.10 Å². The van der Waals surface area contributed by atoms with E-state index in [1.807, 2.05) is 52.4 Å². The summed E-state index contributed by atoms with van der Waals surface area (Å²) >= 11 is 0. The van der Waals surface area contributed by atoms with Crippen LogP contribution in [0, 0.1) is 13.8 Å². The summed E-state index contributed by atoms with van der Waals surface area (Å²) < 4.78 is 9.79. The first kappa shape index (κ1) is 23.1. The molecule has 190 valence electrons. The smallest absolute Gasteiger partial charge is 0.268 e. The number of hydrogen-bond donors (Lipinski definition) is 1. The molecule has 0 spiro atoms. The molecule has 2 fully saturated rings. The maximum atomic E-state index is 13.5. The Labute approximate surface area is 213 Å². The molecule has 10 nitrogen and oxygen atoms in total. The minimum Gasteiger partial charge on any atom is -0.455 e. The second-order valence-corrected chi connectivity index (χ2v) is 9.84. The second kappa shape index (κ2) is 8.36. The number of likely N-dealkylation sites (tertiary alicyclic amines) is 2. The summed E-state index contributed by atoms with van der Waals surface area (Å²) in [5.41, 5.74) is 4.39. The van der Waals surface area contributed by atoms with E-state index in [0.29, 0.717) is 35.8 Å². The Balaban J connectivity index is 1.31. The first-order valence-corrected chi connectivity index (χ1v) is 12.3. The molecule has 6 heterocycles. The lowest BCUT2D eigenvalue weighted by Gasteiger charge is -2.33. The van der Waals surface area contributed by atoms with Crippen LogP contribution in [0.3, 0.4) is 0 Å². The van der Waals surface area contributed by atoms with Gasteiger partial charge in [-0.25, -0.2) is 4.52 Å². The van der Waals surface area contributed by atoms with Gasteiger partial charge >= 0.3 is 0 Å². The minimum atomic E-state index is -0.150. The highest BCUT2D eigenvalue weighted by Gasteiger charge is 2.46. The number of aromatic nitrogens is 3. The molecule has 2 bridgehead atoms. The van der Waals surface area contributed by atoms with Crippen LogP contribution in [-0.2, 0) is 4.79 Å². The van der Waals surface area contributed by atoms with Gasteiger partial charge in [-0.3, -0.25) is 14.4 Å². The monoisotopic (exact) mass is 500 g/mol. The molecule has 0 radical (unpaired) electrons. The zero-order chi connectivity index (χ0) is 26.0. The number of hydrogen-bond acceptors (Lipinski definition) is 5. The molecule has 10 heteroatoms. The van der Waals surface area contributed by atoms with E-state index in [2.05, 4.69) is 10.4 Å². The van der Waals surface area contributed by atoms with Gasteiger partial charge in [-0.15, -0.1) is 0 Å². The van der Waals surface area contributed by atoms with Gasteiger partial charge in [0.05, 0.1) is 23.8 Å². The second-order valence-electron chi connectivity index (χ2n) is 9.84. The first-order valence-electron chi connectivity index (χ1n) is 12.3. The van der Waals surface area contributed by atoms with Crippen LogP contribution in [0.2, 0.25) is 0 Å². The molecule has 0 aliphatic carbocycles. The van der Waals surface area contributed by atoms with Crippen LogP contribution < -0.4 is 10.1 Å². The van der Waals surface area contributed by atoms with E-state index in [1.165, 1.54) is 0 Å². The maximum Gasteiger partial charge on any atom is 0.268 e. The molecule has 2 aliphatic rings. The van der Waals surface area contributed by atoms with Crippen molar-refractivity contribution < 1.29 is 19.1 Å². The molecule has 2 saturated heterocycles. The average Bonchev–Trinajstić information content (AvgIpc) is 3.64. The number of nitrogens with zero attached hydrogens (tertiary/aromatic N) is 5. The Kier molecular flexibility index (Phi) is 5.22. The van der Waals surface area contributed by atoms with Gasteiger partial charge in [-0.05, 0) is 43.5 Å². The summed E-state index contributed by atoms with van der Waals surface area (Å²) in [5.74, 6) is 1.06. The summed E-state index contributed by atoms with van der Waals surface area (Å²) in [6.45, 7) is 6.54. The number of carbonyl (C=O) groups is 3. The molecule has 0 aromatic carbocycles. The molecule has 3 amide bonds. The van der Waals surface area contributed by atoms with Crippen LogP contribution >= 0.6 is 0 Å². The number of rotatable bonds is 4. The number of nitrogens with one attached hydrogen (secondary N) is 1. The van der Waals surface area contributed by atoms with Crippen LogP contribution in [-0.4, -0.2) is 73.8 Å². The van der Waals surface area contributed by atoms with Crippen molar-refractivity contribution in [2.24, 2.45) is 0 Å². The highest BCUT2D eigenvalue weighted by atomic mass is 16.5. The average molecular weight is 501 g/mol. The summed E-state index contributed by atoms with van der Waals surface area (Å²) in [6, 6.07) is 7.55. The van der Waals surface area contributed by atoms with E-state index in [1.54, 1.807) is 36.9 Å². The van der Waals surface area contributed by atoms with Crippen molar-refractivity contribution in [1.29, 1.82) is 0 Å². The Bertz CT molecular complexity index is 1600. The summed E-state index contributed by atoms with van der Waals surface area (Å²) in [6.07, 6.45) is 6.03. The molecule has 2 atom stereocenters. The molecule has 37 heavy (non-hydrogen) atoms. The number of carbonyl (C=O) groups excluding carboxylic acids is 3. The normalized spacial score (nSPS) is 18.7. The topological polar surface area (TPSA) is 101 Å². The van der Waals surface area contributed by atoms with Crippen LogP contribution in [0.5, 0.6) is 11.5 Å². The molecular weight excluding hydrogens is 472 g/mol. The molecule has 4 aromatic heterocycles. The fourth-order valence-electron chi connectivity index (χ4n) is 5.87. The van der Waals surface area contributed by atoms with E-state index >= 15 is 0 Å². The zero-order valence-corrected chi connectivity index (χ0v) is 21.2. The molecule has 0 unspecified atom stereocenters. The van der Waals surface area contributed by atoms with Gasteiger partial charge in [-0.1, -0.05) is 0 Å². The fourth-order valence-corrected chi connectivity index (χ4v) is 5.87. The van der Waals surface area contributed by atoms with Crippen LogP contribution in [0.25, 0.3) is 11.0 Å². The molecule has 4 aromatic rings. The van der Waals surface area contributed by atoms with Gasteiger partial charge < -0.3 is 24.3 Å². The van der Waals surface area contributed by atoms with E-state index in [4.69, 9.17) is 4.74 Å². The number of ether oxygens (including phenoxy) is 1. The molecule has 2 aliphatic heterocycles. The van der Waals surface area contributed by atoms with Crippen LogP contribution in [0.4, 0.5) is 0 Å². The summed E-state index contributed by atoms with van der Waals surface area (Å²) in [7, 11) is 1.61. The van der Waals surface area contributed by atoms with Crippen molar-refractivity contribution in [3.05, 3.63) is 65.2 Å². The Morgan fingerprint density at radius 2 is 1.84 bits per heavy atom. The van der Waals surface area contributed by atoms with E-state index in [-0.39, 0.29) is 29.8 Å². The summed E-state index contributed by atoms with van der Waals surface area (Å²) in [5, 5.41) is 7.09. The highest BCUT2D eigenvalue weighted by molar-refractivity contribution is 5.99. The van der Waals surface area contributed by atoms with Crippen molar-refractivity contribution in [2.45, 2.75) is 39.3 Å². The summed E-state index contributed by atoms with van der Waals surface area (Å²) in [4.78, 5) is 41.4. The molecule has 1 N–H and O–H groups in total. The van der Waals surface area contributed by atoms with Crippen molar-refractivity contribution in [3.8, 4) is 11.5 Å². The van der Waals surface area contributed by atoms with Crippen LogP contribution in [0.15, 0.2) is 42.9 Å². The lowest BCUT2D eigenvalue weighted by Crippen LogP contribution is -2.50. The number of fused-ring (bicyclic) bond motifs is 4. The zero-order valence-electron chi connectivity index (χ0n) is 21.2. The highest BCUT2D eigenvalue weighted by Crippen LogP contribution is 2.35.